The van der Waals surface area contributed by atoms with Crippen LogP contribution in [0, 0.1) is 0 Å². The summed E-state index contributed by atoms with van der Waals surface area (Å²) >= 11 is 1.68. The third-order valence-electron chi connectivity index (χ3n) is 3.21. The van der Waals surface area contributed by atoms with Crippen molar-refractivity contribution in [1.82, 2.24) is 9.55 Å². The largest absolute Gasteiger partial charge is 0.391 e. The highest BCUT2D eigenvalue weighted by molar-refractivity contribution is 7.13. The minimum atomic E-state index is -0.298. The molecule has 0 spiro atoms. The van der Waals surface area contributed by atoms with Gasteiger partial charge in [0.2, 0.25) is 0 Å². The molecular weight excluding hydrogens is 244 g/mol. The van der Waals surface area contributed by atoms with Crippen molar-refractivity contribution in [2.75, 3.05) is 0 Å². The average Bonchev–Trinajstić information content (AvgIpc) is 2.99. The van der Waals surface area contributed by atoms with Gasteiger partial charge in [0.15, 0.2) is 0 Å². The number of aliphatic hydroxyl groups excluding tert-OH is 1. The Kier molecular flexibility index (Phi) is 4.55. The third kappa shape index (κ3) is 2.65. The molecule has 0 saturated heterocycles. The second-order valence-corrected chi connectivity index (χ2v) is 5.41. The Morgan fingerprint density at radius 1 is 1.44 bits per heavy atom. The van der Waals surface area contributed by atoms with E-state index in [0.29, 0.717) is 0 Å². The molecule has 0 aliphatic heterocycles. The van der Waals surface area contributed by atoms with E-state index in [1.165, 1.54) is 0 Å². The molecule has 4 heteroatoms. The van der Waals surface area contributed by atoms with Crippen molar-refractivity contribution >= 4 is 11.3 Å². The molecule has 0 amide bonds. The molecular formula is C14H20N2OS. The number of hydrogen-bond donors (Lipinski definition) is 1. The first-order chi connectivity index (χ1) is 8.77. The van der Waals surface area contributed by atoms with Crippen molar-refractivity contribution < 1.29 is 5.11 Å². The molecule has 3 nitrogen and oxygen atoms in total. The van der Waals surface area contributed by atoms with Crippen molar-refractivity contribution in [2.45, 2.75) is 45.3 Å². The molecule has 0 bridgehead atoms. The fourth-order valence-electron chi connectivity index (χ4n) is 2.32. The molecule has 0 fully saturated rings. The molecule has 2 atom stereocenters. The summed E-state index contributed by atoms with van der Waals surface area (Å²) in [6, 6.07) is 4.22. The van der Waals surface area contributed by atoms with E-state index >= 15 is 0 Å². The van der Waals surface area contributed by atoms with Gasteiger partial charge in [-0.05, 0) is 24.3 Å². The Hall–Kier alpha value is -1.13. The predicted molar refractivity (Wildman–Crippen MR) is 75.8 cm³/mol. The topological polar surface area (TPSA) is 38.0 Å². The van der Waals surface area contributed by atoms with Crippen molar-refractivity contribution in [3.63, 3.8) is 0 Å². The molecule has 0 radical (unpaired) electrons. The van der Waals surface area contributed by atoms with E-state index in [9.17, 15) is 5.11 Å². The van der Waals surface area contributed by atoms with Crippen molar-refractivity contribution in [2.24, 2.45) is 0 Å². The Balaban J connectivity index is 2.29. The van der Waals surface area contributed by atoms with Gasteiger partial charge in [0.1, 0.15) is 5.82 Å². The molecule has 0 aliphatic rings. The molecule has 2 rings (SSSR count). The van der Waals surface area contributed by atoms with Crippen LogP contribution in [-0.2, 0) is 0 Å². The van der Waals surface area contributed by atoms with Gasteiger partial charge in [-0.3, -0.25) is 0 Å². The average molecular weight is 264 g/mol. The smallest absolute Gasteiger partial charge is 0.150 e. The second kappa shape index (κ2) is 6.16. The predicted octanol–water partition coefficient (Wildman–Crippen LogP) is 3.72. The molecule has 98 valence electrons. The lowest BCUT2D eigenvalue weighted by Crippen LogP contribution is -2.23. The number of imidazole rings is 1. The minimum Gasteiger partial charge on any atom is -0.391 e. The highest BCUT2D eigenvalue weighted by atomic mass is 32.1. The van der Waals surface area contributed by atoms with Crippen LogP contribution >= 0.6 is 11.3 Å². The Bertz CT molecular complexity index is 464. The standard InChI is InChI=1S/C14H20N2OS/c1-3-6-12(17)11(4-2)16-9-8-15-14(16)13-7-5-10-18-13/h5,7-12,17H,3-4,6H2,1-2H3. The summed E-state index contributed by atoms with van der Waals surface area (Å²) in [6.45, 7) is 4.21. The van der Waals surface area contributed by atoms with Gasteiger partial charge in [-0.15, -0.1) is 11.3 Å². The number of aromatic nitrogens is 2. The van der Waals surface area contributed by atoms with Gasteiger partial charge in [-0.25, -0.2) is 4.98 Å². The zero-order valence-corrected chi connectivity index (χ0v) is 11.7. The zero-order chi connectivity index (χ0) is 13.0. The van der Waals surface area contributed by atoms with E-state index in [1.54, 1.807) is 11.3 Å². The van der Waals surface area contributed by atoms with Crippen LogP contribution < -0.4 is 0 Å². The van der Waals surface area contributed by atoms with Crippen LogP contribution in [0.2, 0.25) is 0 Å². The molecule has 2 aromatic rings. The molecule has 0 saturated carbocycles. The van der Waals surface area contributed by atoms with Crippen molar-refractivity contribution in [3.05, 3.63) is 29.9 Å². The van der Waals surface area contributed by atoms with E-state index in [4.69, 9.17) is 0 Å². The molecule has 0 aromatic carbocycles. The van der Waals surface area contributed by atoms with E-state index in [0.717, 1.165) is 30.0 Å². The van der Waals surface area contributed by atoms with Gasteiger partial charge in [-0.1, -0.05) is 26.3 Å². The number of hydrogen-bond acceptors (Lipinski definition) is 3. The quantitative estimate of drug-likeness (QED) is 0.863. The summed E-state index contributed by atoms with van der Waals surface area (Å²) in [6.07, 6.45) is 6.24. The van der Waals surface area contributed by atoms with Crippen LogP contribution in [-0.4, -0.2) is 20.8 Å². The van der Waals surface area contributed by atoms with Gasteiger partial charge in [-0.2, -0.15) is 0 Å². The van der Waals surface area contributed by atoms with Gasteiger partial charge >= 0.3 is 0 Å². The molecule has 1 N–H and O–H groups in total. The maximum absolute atomic E-state index is 10.3. The highest BCUT2D eigenvalue weighted by Gasteiger charge is 2.21. The monoisotopic (exact) mass is 264 g/mol. The van der Waals surface area contributed by atoms with Crippen LogP contribution in [0.15, 0.2) is 29.9 Å². The van der Waals surface area contributed by atoms with Crippen LogP contribution in [0.1, 0.15) is 39.2 Å². The first-order valence-corrected chi connectivity index (χ1v) is 7.40. The Labute approximate surface area is 112 Å². The fourth-order valence-corrected chi connectivity index (χ4v) is 3.04. The van der Waals surface area contributed by atoms with Gasteiger partial charge < -0.3 is 9.67 Å². The lowest BCUT2D eigenvalue weighted by molar-refractivity contribution is 0.101. The first-order valence-electron chi connectivity index (χ1n) is 6.52. The number of nitrogens with zero attached hydrogens (tertiary/aromatic N) is 2. The molecule has 2 heterocycles. The summed E-state index contributed by atoms with van der Waals surface area (Å²) in [5.74, 6) is 0.965. The van der Waals surface area contributed by atoms with Crippen LogP contribution in [0.4, 0.5) is 0 Å². The zero-order valence-electron chi connectivity index (χ0n) is 10.9. The number of rotatable bonds is 6. The molecule has 2 unspecified atom stereocenters. The van der Waals surface area contributed by atoms with E-state index < -0.39 is 0 Å². The van der Waals surface area contributed by atoms with Crippen molar-refractivity contribution in [1.29, 1.82) is 0 Å². The fraction of sp³-hybridized carbons (Fsp3) is 0.500. The maximum Gasteiger partial charge on any atom is 0.150 e. The highest BCUT2D eigenvalue weighted by Crippen LogP contribution is 2.29. The molecule has 2 aromatic heterocycles. The summed E-state index contributed by atoms with van der Waals surface area (Å²) in [4.78, 5) is 5.59. The number of thiophene rings is 1. The third-order valence-corrected chi connectivity index (χ3v) is 4.08. The SMILES string of the molecule is CCCC(O)C(CC)n1ccnc1-c1cccs1. The van der Waals surface area contributed by atoms with E-state index in [2.05, 4.69) is 34.8 Å². The van der Waals surface area contributed by atoms with E-state index in [-0.39, 0.29) is 12.1 Å². The van der Waals surface area contributed by atoms with E-state index in [1.807, 2.05) is 18.5 Å². The first kappa shape index (κ1) is 13.3. The van der Waals surface area contributed by atoms with Crippen LogP contribution in [0.5, 0.6) is 0 Å². The van der Waals surface area contributed by atoms with Crippen molar-refractivity contribution in [3.8, 4) is 10.7 Å². The summed E-state index contributed by atoms with van der Waals surface area (Å²) < 4.78 is 2.12. The number of aliphatic hydroxyl groups is 1. The normalized spacial score (nSPS) is 14.6. The Morgan fingerprint density at radius 2 is 2.28 bits per heavy atom. The van der Waals surface area contributed by atoms with Gasteiger partial charge in [0.25, 0.3) is 0 Å². The van der Waals surface area contributed by atoms with Gasteiger partial charge in [0, 0.05) is 12.4 Å². The maximum atomic E-state index is 10.3. The molecule has 0 aliphatic carbocycles. The minimum absolute atomic E-state index is 0.115. The lowest BCUT2D eigenvalue weighted by atomic mass is 10.0. The summed E-state index contributed by atoms with van der Waals surface area (Å²) in [5.41, 5.74) is 0. The summed E-state index contributed by atoms with van der Waals surface area (Å²) in [5, 5.41) is 12.3. The van der Waals surface area contributed by atoms with Crippen LogP contribution in [0.25, 0.3) is 10.7 Å². The van der Waals surface area contributed by atoms with Gasteiger partial charge in [0.05, 0.1) is 17.0 Å². The van der Waals surface area contributed by atoms with Crippen LogP contribution in [0.3, 0.4) is 0 Å². The molecule has 18 heavy (non-hydrogen) atoms. The second-order valence-electron chi connectivity index (χ2n) is 4.47. The Morgan fingerprint density at radius 3 is 2.89 bits per heavy atom. The lowest BCUT2D eigenvalue weighted by Gasteiger charge is -2.24. The summed E-state index contributed by atoms with van der Waals surface area (Å²) in [7, 11) is 0.